The monoisotopic (exact) mass is 269 g/mol. The number of nitriles is 1. The molecule has 0 amide bonds. The van der Waals surface area contributed by atoms with Gasteiger partial charge in [0.25, 0.3) is 0 Å². The van der Waals surface area contributed by atoms with E-state index >= 15 is 0 Å². The number of Topliss-reactive ketones (excluding diaryl/α,β-unsaturated/α-hetero) is 1. The highest BCUT2D eigenvalue weighted by Crippen LogP contribution is 2.15. The zero-order chi connectivity index (χ0) is 11.4. The van der Waals surface area contributed by atoms with E-state index in [1.54, 1.807) is 6.07 Å². The molecule has 0 unspecified atom stereocenters. The summed E-state index contributed by atoms with van der Waals surface area (Å²) >= 11 is 2.90. The molecule has 76 valence electrons. The van der Waals surface area contributed by atoms with Gasteiger partial charge in [-0.05, 0) is 12.1 Å². The molecule has 0 heterocycles. The molecule has 0 aliphatic heterocycles. The highest BCUT2D eigenvalue weighted by Gasteiger charge is 2.14. The van der Waals surface area contributed by atoms with Gasteiger partial charge in [0.2, 0.25) is 0 Å². The Morgan fingerprint density at radius 2 is 2.27 bits per heavy atom. The lowest BCUT2D eigenvalue weighted by molar-refractivity contribution is 0.101. The van der Waals surface area contributed by atoms with Crippen LogP contribution < -0.4 is 0 Å². The van der Waals surface area contributed by atoms with E-state index in [0.717, 1.165) is 12.1 Å². The molecule has 0 fully saturated rings. The van der Waals surface area contributed by atoms with Crippen molar-refractivity contribution in [2.45, 2.75) is 0 Å². The van der Waals surface area contributed by atoms with Crippen molar-refractivity contribution in [3.05, 3.63) is 34.6 Å². The quantitative estimate of drug-likeness (QED) is 0.480. The minimum atomic E-state index is -0.791. The van der Waals surface area contributed by atoms with Gasteiger partial charge in [0.05, 0.1) is 22.5 Å². The molecule has 3 nitrogen and oxygen atoms in total. The van der Waals surface area contributed by atoms with E-state index in [1.807, 2.05) is 0 Å². The van der Waals surface area contributed by atoms with Crippen molar-refractivity contribution in [1.82, 2.24) is 0 Å². The van der Waals surface area contributed by atoms with Crippen LogP contribution in [0.5, 0.6) is 0 Å². The van der Waals surface area contributed by atoms with Crippen molar-refractivity contribution in [1.29, 1.82) is 5.26 Å². The molecule has 0 aromatic heterocycles. The molecule has 0 N–H and O–H groups in total. The zero-order valence-electron chi connectivity index (χ0n) is 7.46. The number of ketones is 1. The summed E-state index contributed by atoms with van der Waals surface area (Å²) in [6, 6.07) is 3.70. The molecule has 5 heteroatoms. The second-order valence-corrected chi connectivity index (χ2v) is 3.27. The Hall–Kier alpha value is -1.54. The molecule has 0 spiro atoms. The number of hydrogen-bond acceptors (Lipinski definition) is 3. The van der Waals surface area contributed by atoms with Crippen LogP contribution in [0.2, 0.25) is 0 Å². The summed E-state index contributed by atoms with van der Waals surface area (Å²) < 4.78 is 13.3. The summed E-state index contributed by atoms with van der Waals surface area (Å²) in [5, 5.41) is 8.63. The molecular formula is C10H5BrFNO2. The number of rotatable bonds is 3. The van der Waals surface area contributed by atoms with Crippen molar-refractivity contribution >= 4 is 28.0 Å². The number of nitrogens with zero attached hydrogens (tertiary/aromatic N) is 1. The Morgan fingerprint density at radius 3 is 2.73 bits per heavy atom. The maximum atomic E-state index is 13.3. The highest BCUT2D eigenvalue weighted by molar-refractivity contribution is 9.09. The van der Waals surface area contributed by atoms with Gasteiger partial charge < -0.3 is 0 Å². The van der Waals surface area contributed by atoms with Gasteiger partial charge in [-0.2, -0.15) is 5.26 Å². The van der Waals surface area contributed by atoms with Gasteiger partial charge in [0.1, 0.15) is 5.82 Å². The first-order valence-corrected chi connectivity index (χ1v) is 5.04. The maximum absolute atomic E-state index is 13.3. The fraction of sp³-hybridized carbons (Fsp3) is 0.100. The van der Waals surface area contributed by atoms with E-state index in [9.17, 15) is 14.0 Å². The van der Waals surface area contributed by atoms with Crippen molar-refractivity contribution < 1.29 is 14.0 Å². The third-order valence-electron chi connectivity index (χ3n) is 1.81. The standard InChI is InChI=1S/C10H5BrFNO2/c11-3-10(15)8-1-6(4-13)7(5-14)2-9(8)12/h1-2,5H,3H2. The van der Waals surface area contributed by atoms with Gasteiger partial charge in [0, 0.05) is 5.56 Å². The van der Waals surface area contributed by atoms with Crippen molar-refractivity contribution in [2.75, 3.05) is 5.33 Å². The predicted octanol–water partition coefficient (Wildman–Crippen LogP) is 2.09. The number of benzene rings is 1. The molecule has 1 rings (SSSR count). The lowest BCUT2D eigenvalue weighted by Crippen LogP contribution is -2.05. The maximum Gasteiger partial charge on any atom is 0.176 e. The molecule has 0 bridgehead atoms. The van der Waals surface area contributed by atoms with E-state index in [4.69, 9.17) is 5.26 Å². The Labute approximate surface area is 93.6 Å². The van der Waals surface area contributed by atoms with Crippen molar-refractivity contribution in [2.24, 2.45) is 0 Å². The van der Waals surface area contributed by atoms with Gasteiger partial charge >= 0.3 is 0 Å². The molecule has 0 saturated heterocycles. The van der Waals surface area contributed by atoms with E-state index in [-0.39, 0.29) is 22.0 Å². The summed E-state index contributed by atoms with van der Waals surface area (Å²) in [7, 11) is 0. The van der Waals surface area contributed by atoms with E-state index in [1.165, 1.54) is 0 Å². The highest BCUT2D eigenvalue weighted by atomic mass is 79.9. The molecule has 0 aliphatic carbocycles. The third-order valence-corrected chi connectivity index (χ3v) is 2.32. The fourth-order valence-electron chi connectivity index (χ4n) is 1.07. The molecule has 15 heavy (non-hydrogen) atoms. The molecule has 0 aliphatic rings. The smallest absolute Gasteiger partial charge is 0.176 e. The van der Waals surface area contributed by atoms with Gasteiger partial charge in [0.15, 0.2) is 12.1 Å². The van der Waals surface area contributed by atoms with Gasteiger partial charge in [-0.1, -0.05) is 15.9 Å². The summed E-state index contributed by atoms with van der Waals surface area (Å²) in [6.07, 6.45) is 0.379. The second-order valence-electron chi connectivity index (χ2n) is 2.71. The van der Waals surface area contributed by atoms with E-state index < -0.39 is 11.6 Å². The molecular weight excluding hydrogens is 265 g/mol. The van der Waals surface area contributed by atoms with Crippen LogP contribution in [-0.2, 0) is 0 Å². The zero-order valence-corrected chi connectivity index (χ0v) is 9.04. The lowest BCUT2D eigenvalue weighted by atomic mass is 10.0. The Kier molecular flexibility index (Phi) is 3.69. The van der Waals surface area contributed by atoms with Gasteiger partial charge in [-0.3, -0.25) is 9.59 Å². The van der Waals surface area contributed by atoms with Crippen LogP contribution in [0.1, 0.15) is 26.3 Å². The van der Waals surface area contributed by atoms with E-state index in [0.29, 0.717) is 6.29 Å². The van der Waals surface area contributed by atoms with Gasteiger partial charge in [-0.15, -0.1) is 0 Å². The molecule has 1 aromatic carbocycles. The molecule has 1 aromatic rings. The molecule has 0 radical (unpaired) electrons. The lowest BCUT2D eigenvalue weighted by Gasteiger charge is -2.02. The van der Waals surface area contributed by atoms with Crippen LogP contribution in [0.3, 0.4) is 0 Å². The SMILES string of the molecule is N#Cc1cc(C(=O)CBr)c(F)cc1C=O. The second kappa shape index (κ2) is 4.80. The van der Waals surface area contributed by atoms with Crippen LogP contribution >= 0.6 is 15.9 Å². The summed E-state index contributed by atoms with van der Waals surface area (Å²) in [4.78, 5) is 21.7. The van der Waals surface area contributed by atoms with Crippen LogP contribution in [0.25, 0.3) is 0 Å². The fourth-order valence-corrected chi connectivity index (χ4v) is 1.37. The average molecular weight is 270 g/mol. The van der Waals surface area contributed by atoms with Crippen molar-refractivity contribution in [3.8, 4) is 6.07 Å². The Bertz CT molecular complexity index is 465. The predicted molar refractivity (Wildman–Crippen MR) is 54.6 cm³/mol. The van der Waals surface area contributed by atoms with Crippen LogP contribution in [0, 0.1) is 17.1 Å². The third kappa shape index (κ3) is 2.28. The molecule has 0 atom stereocenters. The average Bonchev–Trinajstić information content (AvgIpc) is 2.27. The normalized spacial score (nSPS) is 9.40. The number of hydrogen-bond donors (Lipinski definition) is 0. The van der Waals surface area contributed by atoms with Crippen LogP contribution in [-0.4, -0.2) is 17.4 Å². The number of aldehydes is 1. The first kappa shape index (κ1) is 11.5. The van der Waals surface area contributed by atoms with Crippen LogP contribution in [0.15, 0.2) is 12.1 Å². The summed E-state index contributed by atoms with van der Waals surface area (Å²) in [6.45, 7) is 0. The largest absolute Gasteiger partial charge is 0.298 e. The number of alkyl halides is 1. The van der Waals surface area contributed by atoms with Gasteiger partial charge in [-0.25, -0.2) is 4.39 Å². The first-order chi connectivity index (χ1) is 7.13. The van der Waals surface area contributed by atoms with E-state index in [2.05, 4.69) is 15.9 Å². The Balaban J connectivity index is 3.40. The number of carbonyl (C=O) groups is 2. The summed E-state index contributed by atoms with van der Waals surface area (Å²) in [5.41, 5.74) is -0.245. The number of halogens is 2. The first-order valence-electron chi connectivity index (χ1n) is 3.92. The van der Waals surface area contributed by atoms with Crippen molar-refractivity contribution in [3.63, 3.8) is 0 Å². The topological polar surface area (TPSA) is 57.9 Å². The minimum Gasteiger partial charge on any atom is -0.298 e. The number of carbonyl (C=O) groups excluding carboxylic acids is 2. The molecule has 0 saturated carbocycles. The summed E-state index contributed by atoms with van der Waals surface area (Å²) in [5.74, 6) is -1.26. The Morgan fingerprint density at radius 1 is 1.60 bits per heavy atom. The minimum absolute atomic E-state index is 0.00398. The van der Waals surface area contributed by atoms with Crippen LogP contribution in [0.4, 0.5) is 4.39 Å².